The van der Waals surface area contributed by atoms with E-state index in [9.17, 15) is 14.9 Å². The van der Waals surface area contributed by atoms with Crippen molar-refractivity contribution < 1.29 is 14.5 Å². The van der Waals surface area contributed by atoms with Crippen molar-refractivity contribution in [1.82, 2.24) is 5.43 Å². The second-order valence-electron chi connectivity index (χ2n) is 5.38. The molecule has 0 saturated carbocycles. The van der Waals surface area contributed by atoms with Crippen molar-refractivity contribution in [2.45, 2.75) is 0 Å². The average molecular weight is 381 g/mol. The quantitative estimate of drug-likeness (QED) is 0.382. The topological polar surface area (TPSA) is 93.8 Å². The summed E-state index contributed by atoms with van der Waals surface area (Å²) in [5.74, 6) is 0.164. The first kappa shape index (κ1) is 18.3. The number of para-hydroxylation sites is 1. The maximum atomic E-state index is 11.9. The Bertz CT molecular complexity index is 970. The van der Waals surface area contributed by atoms with Crippen LogP contribution in [-0.2, 0) is 4.79 Å². The summed E-state index contributed by atoms with van der Waals surface area (Å²) in [6, 6.07) is 20.1. The molecule has 0 unspecified atom stereocenters. The lowest BCUT2D eigenvalue weighted by molar-refractivity contribution is -0.380. The maximum Gasteiger partial charge on any atom is 0.324 e. The zero-order valence-electron chi connectivity index (χ0n) is 14.1. The summed E-state index contributed by atoms with van der Waals surface area (Å²) in [6.45, 7) is -0.203. The van der Waals surface area contributed by atoms with Crippen LogP contribution in [0.15, 0.2) is 71.8 Å². The molecule has 7 nitrogen and oxygen atoms in total. The Labute approximate surface area is 159 Å². The number of ether oxygens (including phenoxy) is 1. The molecule has 3 rings (SSSR count). The summed E-state index contributed by atoms with van der Waals surface area (Å²) >= 11 is 0.972. The van der Waals surface area contributed by atoms with Crippen molar-refractivity contribution in [3.8, 4) is 16.9 Å². The van der Waals surface area contributed by atoms with E-state index in [0.717, 1.165) is 22.5 Å². The predicted octanol–water partition coefficient (Wildman–Crippen LogP) is 3.85. The van der Waals surface area contributed by atoms with Crippen LogP contribution in [0, 0.1) is 10.1 Å². The monoisotopic (exact) mass is 381 g/mol. The summed E-state index contributed by atoms with van der Waals surface area (Å²) in [5.41, 5.74) is 4.22. The van der Waals surface area contributed by atoms with Gasteiger partial charge in [-0.25, -0.2) is 5.43 Å². The molecule has 0 aliphatic carbocycles. The fourth-order valence-corrected chi connectivity index (χ4v) is 3.00. The number of hydrogen-bond donors (Lipinski definition) is 1. The highest BCUT2D eigenvalue weighted by Crippen LogP contribution is 2.29. The molecule has 1 amide bonds. The number of thiophene rings is 1. The van der Waals surface area contributed by atoms with Crippen molar-refractivity contribution in [3.63, 3.8) is 0 Å². The fourth-order valence-electron chi connectivity index (χ4n) is 2.30. The minimum Gasteiger partial charge on any atom is -0.483 e. The summed E-state index contributed by atoms with van der Waals surface area (Å²) in [7, 11) is 0. The lowest BCUT2D eigenvalue weighted by Gasteiger charge is -2.10. The van der Waals surface area contributed by atoms with Crippen molar-refractivity contribution >= 4 is 28.5 Å². The van der Waals surface area contributed by atoms with Gasteiger partial charge < -0.3 is 4.74 Å². The predicted molar refractivity (Wildman–Crippen MR) is 104 cm³/mol. The molecule has 0 aliphatic rings. The van der Waals surface area contributed by atoms with Gasteiger partial charge in [-0.05, 0) is 17.7 Å². The molecule has 2 aromatic carbocycles. The van der Waals surface area contributed by atoms with Gasteiger partial charge in [-0.1, -0.05) is 59.9 Å². The third-order valence-corrected chi connectivity index (χ3v) is 4.48. The number of carbonyl (C=O) groups is 1. The second kappa shape index (κ2) is 8.72. The molecule has 1 N–H and O–H groups in total. The molecule has 136 valence electrons. The molecule has 27 heavy (non-hydrogen) atoms. The van der Waals surface area contributed by atoms with Crippen LogP contribution in [0.5, 0.6) is 5.75 Å². The van der Waals surface area contributed by atoms with Crippen LogP contribution >= 0.6 is 11.3 Å². The van der Waals surface area contributed by atoms with Crippen LogP contribution in [0.1, 0.15) is 4.88 Å². The van der Waals surface area contributed by atoms with E-state index in [2.05, 4.69) is 10.5 Å². The number of nitrogens with zero attached hydrogens (tertiary/aromatic N) is 2. The van der Waals surface area contributed by atoms with Gasteiger partial charge in [-0.2, -0.15) is 5.10 Å². The number of nitrogens with one attached hydrogen (secondary N) is 1. The van der Waals surface area contributed by atoms with Crippen LogP contribution in [0.4, 0.5) is 5.00 Å². The molecule has 0 fully saturated rings. The SMILES string of the molecule is O=C(COc1ccccc1-c1ccccc1)N/N=C\c1ccc([N+](=O)[O-])s1. The number of amides is 1. The Kier molecular flexibility index (Phi) is 5.91. The zero-order chi connectivity index (χ0) is 19.1. The van der Waals surface area contributed by atoms with Crippen LogP contribution < -0.4 is 10.2 Å². The molecule has 8 heteroatoms. The summed E-state index contributed by atoms with van der Waals surface area (Å²) < 4.78 is 5.62. The molecule has 1 aromatic heterocycles. The van der Waals surface area contributed by atoms with Gasteiger partial charge in [0.05, 0.1) is 16.0 Å². The van der Waals surface area contributed by atoms with E-state index >= 15 is 0 Å². The summed E-state index contributed by atoms with van der Waals surface area (Å²) in [4.78, 5) is 22.6. The molecular formula is C19H15N3O4S. The highest BCUT2D eigenvalue weighted by atomic mass is 32.1. The summed E-state index contributed by atoms with van der Waals surface area (Å²) in [5, 5.41) is 14.4. The van der Waals surface area contributed by atoms with Gasteiger partial charge in [-0.15, -0.1) is 0 Å². The van der Waals surface area contributed by atoms with Crippen molar-refractivity contribution in [2.75, 3.05) is 6.61 Å². The highest BCUT2D eigenvalue weighted by molar-refractivity contribution is 7.16. The largest absolute Gasteiger partial charge is 0.483 e. The second-order valence-corrected chi connectivity index (χ2v) is 6.47. The molecule has 0 spiro atoms. The van der Waals surface area contributed by atoms with Crippen molar-refractivity contribution in [2.24, 2.45) is 5.10 Å². The van der Waals surface area contributed by atoms with Gasteiger partial charge in [0.2, 0.25) is 0 Å². The molecule has 0 aliphatic heterocycles. The Morgan fingerprint density at radius 1 is 1.11 bits per heavy atom. The Morgan fingerprint density at radius 2 is 1.85 bits per heavy atom. The van der Waals surface area contributed by atoms with Crippen molar-refractivity contribution in [3.05, 3.63) is 81.7 Å². The lowest BCUT2D eigenvalue weighted by atomic mass is 10.1. The van der Waals surface area contributed by atoms with E-state index in [1.54, 1.807) is 12.1 Å². The molecule has 0 radical (unpaired) electrons. The molecule has 0 bridgehead atoms. The summed E-state index contributed by atoms with van der Waals surface area (Å²) in [6.07, 6.45) is 1.35. The average Bonchev–Trinajstić information content (AvgIpc) is 3.17. The highest BCUT2D eigenvalue weighted by Gasteiger charge is 2.09. The molecule has 0 atom stereocenters. The number of carbonyl (C=O) groups excluding carboxylic acids is 1. The van der Waals surface area contributed by atoms with Gasteiger partial charge in [0, 0.05) is 11.6 Å². The van der Waals surface area contributed by atoms with Crippen molar-refractivity contribution in [1.29, 1.82) is 0 Å². The van der Waals surface area contributed by atoms with E-state index in [1.807, 2.05) is 48.5 Å². The normalized spacial score (nSPS) is 10.7. The Morgan fingerprint density at radius 3 is 2.59 bits per heavy atom. The number of hydrazone groups is 1. The van der Waals surface area contributed by atoms with Gasteiger partial charge in [0.15, 0.2) is 6.61 Å². The third-order valence-electron chi connectivity index (χ3n) is 3.50. The van der Waals surface area contributed by atoms with Gasteiger partial charge in [0.1, 0.15) is 5.75 Å². The Hall–Kier alpha value is -3.52. The van der Waals surface area contributed by atoms with Gasteiger partial charge in [0.25, 0.3) is 5.91 Å². The zero-order valence-corrected chi connectivity index (χ0v) is 14.9. The van der Waals surface area contributed by atoms with Gasteiger partial charge >= 0.3 is 5.00 Å². The first-order chi connectivity index (χ1) is 13.1. The fraction of sp³-hybridized carbons (Fsp3) is 0.0526. The minimum atomic E-state index is -0.474. The van der Waals surface area contributed by atoms with E-state index < -0.39 is 10.8 Å². The van der Waals surface area contributed by atoms with E-state index in [-0.39, 0.29) is 11.6 Å². The maximum absolute atomic E-state index is 11.9. The molecule has 3 aromatic rings. The van der Waals surface area contributed by atoms with Crippen LogP contribution in [0.3, 0.4) is 0 Å². The molecule has 0 saturated heterocycles. The van der Waals surface area contributed by atoms with E-state index in [1.165, 1.54) is 12.3 Å². The molecular weight excluding hydrogens is 366 g/mol. The standard InChI is InChI=1S/C19H15N3O4S/c23-18(21-20-12-15-10-11-19(27-15)22(24)25)13-26-17-9-5-4-8-16(17)14-6-2-1-3-7-14/h1-12H,13H2,(H,21,23)/b20-12-. The first-order valence-electron chi connectivity index (χ1n) is 7.97. The first-order valence-corrected chi connectivity index (χ1v) is 8.78. The minimum absolute atomic E-state index is 0.0172. The third kappa shape index (κ3) is 4.99. The number of hydrogen-bond acceptors (Lipinski definition) is 6. The van der Waals surface area contributed by atoms with Gasteiger partial charge in [-0.3, -0.25) is 14.9 Å². The van der Waals surface area contributed by atoms with Crippen LogP contribution in [-0.4, -0.2) is 23.7 Å². The number of nitro groups is 1. The van der Waals surface area contributed by atoms with E-state index in [0.29, 0.717) is 10.6 Å². The van der Waals surface area contributed by atoms with Crippen LogP contribution in [0.2, 0.25) is 0 Å². The number of benzene rings is 2. The lowest BCUT2D eigenvalue weighted by Crippen LogP contribution is -2.24. The number of rotatable bonds is 7. The van der Waals surface area contributed by atoms with Crippen LogP contribution in [0.25, 0.3) is 11.1 Å². The molecule has 1 heterocycles. The smallest absolute Gasteiger partial charge is 0.324 e. The van der Waals surface area contributed by atoms with E-state index in [4.69, 9.17) is 4.74 Å². The Balaban J connectivity index is 1.57.